The highest BCUT2D eigenvalue weighted by Gasteiger charge is 2.15. The van der Waals surface area contributed by atoms with Gasteiger partial charge in [0.2, 0.25) is 10.0 Å². The second-order valence-electron chi connectivity index (χ2n) is 3.83. The maximum absolute atomic E-state index is 11.9. The van der Waals surface area contributed by atoms with Crippen LogP contribution >= 0.6 is 11.3 Å². The molecule has 0 aliphatic rings. The number of benzene rings is 1. The van der Waals surface area contributed by atoms with E-state index in [0.717, 1.165) is 16.9 Å². The van der Waals surface area contributed by atoms with Gasteiger partial charge in [-0.25, -0.2) is 13.1 Å². The number of thiophene rings is 1. The van der Waals surface area contributed by atoms with Crippen LogP contribution in [0, 0.1) is 11.3 Å². The zero-order valence-electron chi connectivity index (χ0n) is 9.83. The number of nitrogens with one attached hydrogen (secondary N) is 1. The summed E-state index contributed by atoms with van der Waals surface area (Å²) in [6, 6.07) is 10.1. The van der Waals surface area contributed by atoms with Crippen LogP contribution in [0.1, 0.15) is 11.1 Å². The zero-order valence-corrected chi connectivity index (χ0v) is 11.5. The molecule has 98 valence electrons. The van der Waals surface area contributed by atoms with Crippen molar-refractivity contribution < 1.29 is 8.42 Å². The van der Waals surface area contributed by atoms with Crippen molar-refractivity contribution in [2.45, 2.75) is 10.8 Å². The van der Waals surface area contributed by atoms with E-state index in [0.29, 0.717) is 11.3 Å². The highest BCUT2D eigenvalue weighted by atomic mass is 32.2. The zero-order chi connectivity index (χ0) is 13.9. The summed E-state index contributed by atoms with van der Waals surface area (Å²) >= 11 is 1.08. The molecule has 0 radical (unpaired) electrons. The average Bonchev–Trinajstić information content (AvgIpc) is 2.85. The first-order valence-corrected chi connectivity index (χ1v) is 7.70. The van der Waals surface area contributed by atoms with Gasteiger partial charge < -0.3 is 5.73 Å². The lowest BCUT2D eigenvalue weighted by molar-refractivity contribution is 0.583. The van der Waals surface area contributed by atoms with E-state index >= 15 is 0 Å². The molecule has 1 aromatic heterocycles. The van der Waals surface area contributed by atoms with Crippen LogP contribution < -0.4 is 10.5 Å². The van der Waals surface area contributed by atoms with E-state index < -0.39 is 10.0 Å². The lowest BCUT2D eigenvalue weighted by Crippen LogP contribution is -2.22. The first-order valence-electron chi connectivity index (χ1n) is 5.34. The first-order chi connectivity index (χ1) is 9.01. The predicted octanol–water partition coefficient (Wildman–Crippen LogP) is 1.68. The summed E-state index contributed by atoms with van der Waals surface area (Å²) < 4.78 is 26.5. The highest BCUT2D eigenvalue weighted by molar-refractivity contribution is 7.91. The Labute approximate surface area is 115 Å². The van der Waals surface area contributed by atoms with Gasteiger partial charge >= 0.3 is 0 Å². The molecule has 2 aromatic rings. The van der Waals surface area contributed by atoms with E-state index in [-0.39, 0.29) is 10.8 Å². The largest absolute Gasteiger partial charge is 0.398 e. The molecule has 0 saturated carbocycles. The molecule has 1 aromatic carbocycles. The summed E-state index contributed by atoms with van der Waals surface area (Å²) in [5.41, 5.74) is 7.26. The van der Waals surface area contributed by atoms with E-state index in [1.165, 1.54) is 6.07 Å². The SMILES string of the molecule is N#Cc1ccc(CNS(=O)(=O)c2cc(N)cs2)cc1. The molecule has 0 spiro atoms. The van der Waals surface area contributed by atoms with Crippen LogP contribution in [0.4, 0.5) is 5.69 Å². The summed E-state index contributed by atoms with van der Waals surface area (Å²) in [5.74, 6) is 0. The second-order valence-corrected chi connectivity index (χ2v) is 6.74. The fourth-order valence-corrected chi connectivity index (χ4v) is 3.56. The molecule has 0 fully saturated rings. The van der Waals surface area contributed by atoms with Gasteiger partial charge in [0.15, 0.2) is 0 Å². The highest BCUT2D eigenvalue weighted by Crippen LogP contribution is 2.21. The number of sulfonamides is 1. The fraction of sp³-hybridized carbons (Fsp3) is 0.0833. The molecular weight excluding hydrogens is 282 g/mol. The summed E-state index contributed by atoms with van der Waals surface area (Å²) in [7, 11) is -3.53. The molecule has 5 nitrogen and oxygen atoms in total. The van der Waals surface area contributed by atoms with E-state index in [1.807, 2.05) is 6.07 Å². The monoisotopic (exact) mass is 293 g/mol. The third kappa shape index (κ3) is 3.32. The smallest absolute Gasteiger partial charge is 0.250 e. The van der Waals surface area contributed by atoms with Crippen molar-refractivity contribution in [2.75, 3.05) is 5.73 Å². The topological polar surface area (TPSA) is 96.0 Å². The van der Waals surface area contributed by atoms with Gasteiger partial charge in [0, 0.05) is 17.6 Å². The number of nitrogen functional groups attached to an aromatic ring is 1. The van der Waals surface area contributed by atoms with Crippen molar-refractivity contribution in [3.05, 3.63) is 46.8 Å². The standard InChI is InChI=1S/C12H11N3O2S2/c13-6-9-1-3-10(4-2-9)7-15-19(16,17)12-5-11(14)8-18-12/h1-5,8,15H,7,14H2. The molecule has 0 aliphatic heterocycles. The van der Waals surface area contributed by atoms with Gasteiger partial charge in [0.25, 0.3) is 0 Å². The van der Waals surface area contributed by atoms with Crippen molar-refractivity contribution in [2.24, 2.45) is 0 Å². The normalized spacial score (nSPS) is 11.1. The predicted molar refractivity (Wildman–Crippen MR) is 73.9 cm³/mol. The number of anilines is 1. The molecule has 1 heterocycles. The van der Waals surface area contributed by atoms with Crippen molar-refractivity contribution in [1.29, 1.82) is 5.26 Å². The van der Waals surface area contributed by atoms with Crippen LogP contribution in [0.3, 0.4) is 0 Å². The Hall–Kier alpha value is -1.88. The molecule has 0 aliphatic carbocycles. The Morgan fingerprint density at radius 2 is 2.00 bits per heavy atom. The summed E-state index contributed by atoms with van der Waals surface area (Å²) in [6.07, 6.45) is 0. The second kappa shape index (κ2) is 5.40. The molecule has 0 unspecified atom stereocenters. The van der Waals surface area contributed by atoms with Gasteiger partial charge in [0.05, 0.1) is 11.6 Å². The molecule has 3 N–H and O–H groups in total. The van der Waals surface area contributed by atoms with E-state index in [2.05, 4.69) is 4.72 Å². The number of hydrogen-bond acceptors (Lipinski definition) is 5. The van der Waals surface area contributed by atoms with Gasteiger partial charge in [-0.15, -0.1) is 11.3 Å². The summed E-state index contributed by atoms with van der Waals surface area (Å²) in [4.78, 5) is 0. The van der Waals surface area contributed by atoms with Crippen molar-refractivity contribution >= 4 is 27.0 Å². The maximum atomic E-state index is 11.9. The Kier molecular flexibility index (Phi) is 3.85. The summed E-state index contributed by atoms with van der Waals surface area (Å²) in [5, 5.41) is 10.2. The first kappa shape index (κ1) is 13.5. The van der Waals surface area contributed by atoms with Gasteiger partial charge in [-0.1, -0.05) is 12.1 Å². The Morgan fingerprint density at radius 1 is 1.32 bits per heavy atom. The molecule has 0 atom stereocenters. The Balaban J connectivity index is 2.07. The van der Waals surface area contributed by atoms with Crippen LogP contribution in [0.15, 0.2) is 39.9 Å². The molecule has 0 saturated heterocycles. The quantitative estimate of drug-likeness (QED) is 0.896. The molecule has 0 amide bonds. The van der Waals surface area contributed by atoms with Crippen molar-refractivity contribution in [1.82, 2.24) is 4.72 Å². The minimum Gasteiger partial charge on any atom is -0.398 e. The molecular formula is C12H11N3O2S2. The molecule has 19 heavy (non-hydrogen) atoms. The molecule has 0 bridgehead atoms. The third-order valence-electron chi connectivity index (χ3n) is 2.41. The minimum absolute atomic E-state index is 0.172. The minimum atomic E-state index is -3.53. The van der Waals surface area contributed by atoms with Crippen LogP contribution in [-0.2, 0) is 16.6 Å². The number of hydrogen-bond donors (Lipinski definition) is 2. The lowest BCUT2D eigenvalue weighted by Gasteiger charge is -2.04. The number of nitrogens with two attached hydrogens (primary N) is 1. The van der Waals surface area contributed by atoms with Crippen LogP contribution in [0.5, 0.6) is 0 Å². The number of nitrogens with zero attached hydrogens (tertiary/aromatic N) is 1. The van der Waals surface area contributed by atoms with E-state index in [9.17, 15) is 8.42 Å². The Bertz CT molecular complexity index is 712. The number of rotatable bonds is 4. The fourth-order valence-electron chi connectivity index (χ4n) is 1.42. The van der Waals surface area contributed by atoms with Crippen LogP contribution in [0.2, 0.25) is 0 Å². The summed E-state index contributed by atoms with van der Waals surface area (Å²) in [6.45, 7) is 0.172. The van der Waals surface area contributed by atoms with Gasteiger partial charge in [-0.3, -0.25) is 0 Å². The van der Waals surface area contributed by atoms with Crippen LogP contribution in [-0.4, -0.2) is 8.42 Å². The molecule has 7 heteroatoms. The van der Waals surface area contributed by atoms with E-state index in [4.69, 9.17) is 11.0 Å². The van der Waals surface area contributed by atoms with Crippen LogP contribution in [0.25, 0.3) is 0 Å². The van der Waals surface area contributed by atoms with E-state index in [1.54, 1.807) is 29.6 Å². The maximum Gasteiger partial charge on any atom is 0.250 e. The lowest BCUT2D eigenvalue weighted by atomic mass is 10.1. The average molecular weight is 293 g/mol. The molecule has 2 rings (SSSR count). The van der Waals surface area contributed by atoms with Gasteiger partial charge in [-0.2, -0.15) is 5.26 Å². The third-order valence-corrected chi connectivity index (χ3v) is 5.27. The number of nitriles is 1. The van der Waals surface area contributed by atoms with Gasteiger partial charge in [-0.05, 0) is 23.8 Å². The van der Waals surface area contributed by atoms with Crippen molar-refractivity contribution in [3.8, 4) is 6.07 Å². The Morgan fingerprint density at radius 3 is 2.53 bits per heavy atom. The van der Waals surface area contributed by atoms with Crippen molar-refractivity contribution in [3.63, 3.8) is 0 Å². The van der Waals surface area contributed by atoms with Gasteiger partial charge in [0.1, 0.15) is 4.21 Å².